The van der Waals surface area contributed by atoms with E-state index in [1.807, 2.05) is 16.8 Å². The number of nitrogens with zero attached hydrogens (tertiary/aromatic N) is 1. The van der Waals surface area contributed by atoms with Crippen LogP contribution in [0.25, 0.3) is 20.7 Å². The first-order valence-corrected chi connectivity index (χ1v) is 9.21. The number of benzene rings is 1. The lowest BCUT2D eigenvalue weighted by molar-refractivity contribution is 0.504. The SMILES string of the molecule is CCNC(c1ccc(-c2ccc3ncsc3c2)s1)C1CC1. The highest BCUT2D eigenvalue weighted by Gasteiger charge is 2.32. The summed E-state index contributed by atoms with van der Waals surface area (Å²) in [6, 6.07) is 11.7. The molecule has 1 unspecified atom stereocenters. The largest absolute Gasteiger partial charge is 0.309 e. The topological polar surface area (TPSA) is 24.9 Å². The Morgan fingerprint density at radius 1 is 1.29 bits per heavy atom. The standard InChI is InChI=1S/C17H18N2S2/c1-2-18-17(11-3-4-11)15-8-7-14(21-15)12-5-6-13-16(9-12)20-10-19-13/h5-11,17-18H,2-4H2,1H3. The molecule has 3 aromatic rings. The van der Waals surface area contributed by atoms with Crippen LogP contribution in [0.4, 0.5) is 0 Å². The van der Waals surface area contributed by atoms with Crippen LogP contribution in [0, 0.1) is 5.92 Å². The number of hydrogen-bond donors (Lipinski definition) is 1. The minimum Gasteiger partial charge on any atom is -0.309 e. The predicted octanol–water partition coefficient (Wildman–Crippen LogP) is 5.09. The molecule has 2 heterocycles. The molecule has 1 atom stereocenters. The minimum atomic E-state index is 0.556. The van der Waals surface area contributed by atoms with Crippen molar-refractivity contribution in [1.82, 2.24) is 10.3 Å². The quantitative estimate of drug-likeness (QED) is 0.710. The Hall–Kier alpha value is -1.23. The van der Waals surface area contributed by atoms with E-state index in [9.17, 15) is 0 Å². The number of thiophene rings is 1. The Labute approximate surface area is 132 Å². The summed E-state index contributed by atoms with van der Waals surface area (Å²) >= 11 is 3.65. The zero-order chi connectivity index (χ0) is 14.2. The first kappa shape index (κ1) is 13.4. The van der Waals surface area contributed by atoms with Gasteiger partial charge in [-0.05, 0) is 55.1 Å². The van der Waals surface area contributed by atoms with Crippen molar-refractivity contribution in [3.8, 4) is 10.4 Å². The van der Waals surface area contributed by atoms with Gasteiger partial charge < -0.3 is 5.32 Å². The van der Waals surface area contributed by atoms with Gasteiger partial charge in [-0.3, -0.25) is 0 Å². The van der Waals surface area contributed by atoms with Crippen LogP contribution in [0.5, 0.6) is 0 Å². The van der Waals surface area contributed by atoms with Gasteiger partial charge in [0.1, 0.15) is 0 Å². The van der Waals surface area contributed by atoms with E-state index in [4.69, 9.17) is 0 Å². The highest BCUT2D eigenvalue weighted by molar-refractivity contribution is 7.17. The normalized spacial score (nSPS) is 16.4. The summed E-state index contributed by atoms with van der Waals surface area (Å²) in [7, 11) is 0. The summed E-state index contributed by atoms with van der Waals surface area (Å²) in [4.78, 5) is 7.20. The lowest BCUT2D eigenvalue weighted by Crippen LogP contribution is -2.21. The lowest BCUT2D eigenvalue weighted by atomic mass is 10.1. The number of fused-ring (bicyclic) bond motifs is 1. The molecule has 4 heteroatoms. The number of hydrogen-bond acceptors (Lipinski definition) is 4. The lowest BCUT2D eigenvalue weighted by Gasteiger charge is -2.15. The molecule has 1 aromatic carbocycles. The first-order valence-electron chi connectivity index (χ1n) is 7.52. The monoisotopic (exact) mass is 314 g/mol. The first-order chi connectivity index (χ1) is 10.3. The highest BCUT2D eigenvalue weighted by Crippen LogP contribution is 2.44. The van der Waals surface area contributed by atoms with Gasteiger partial charge in [-0.25, -0.2) is 4.98 Å². The average Bonchev–Trinajstić information content (AvgIpc) is 3.03. The van der Waals surface area contributed by atoms with E-state index in [-0.39, 0.29) is 0 Å². The second kappa shape index (κ2) is 5.52. The molecule has 1 aliphatic rings. The third-order valence-electron chi connectivity index (χ3n) is 4.07. The molecule has 1 saturated carbocycles. The average molecular weight is 314 g/mol. The third kappa shape index (κ3) is 2.63. The zero-order valence-corrected chi connectivity index (χ0v) is 13.6. The fourth-order valence-corrected chi connectivity index (χ4v) is 4.72. The molecule has 21 heavy (non-hydrogen) atoms. The fraction of sp³-hybridized carbons (Fsp3) is 0.353. The van der Waals surface area contributed by atoms with Gasteiger partial charge in [0, 0.05) is 15.8 Å². The van der Waals surface area contributed by atoms with Crippen LogP contribution in [0.2, 0.25) is 0 Å². The van der Waals surface area contributed by atoms with Crippen LogP contribution < -0.4 is 5.32 Å². The Morgan fingerprint density at radius 2 is 2.19 bits per heavy atom. The summed E-state index contributed by atoms with van der Waals surface area (Å²) < 4.78 is 1.27. The van der Waals surface area contributed by atoms with Crippen LogP contribution in [-0.4, -0.2) is 11.5 Å². The minimum absolute atomic E-state index is 0.556. The molecule has 2 nitrogen and oxygen atoms in total. The van der Waals surface area contributed by atoms with E-state index >= 15 is 0 Å². The van der Waals surface area contributed by atoms with E-state index < -0.39 is 0 Å². The zero-order valence-electron chi connectivity index (χ0n) is 12.0. The van der Waals surface area contributed by atoms with Crippen LogP contribution in [-0.2, 0) is 0 Å². The summed E-state index contributed by atoms with van der Waals surface area (Å²) in [5, 5.41) is 3.65. The molecule has 1 fully saturated rings. The van der Waals surface area contributed by atoms with Gasteiger partial charge in [0.2, 0.25) is 0 Å². The molecule has 108 valence electrons. The summed E-state index contributed by atoms with van der Waals surface area (Å²) in [6.45, 7) is 3.24. The number of aromatic nitrogens is 1. The smallest absolute Gasteiger partial charge is 0.0812 e. The Bertz CT molecular complexity index is 755. The second-order valence-electron chi connectivity index (χ2n) is 5.61. The van der Waals surface area contributed by atoms with Crippen molar-refractivity contribution < 1.29 is 0 Å². The fourth-order valence-electron chi connectivity index (χ4n) is 2.83. The van der Waals surface area contributed by atoms with Gasteiger partial charge in [0.05, 0.1) is 15.7 Å². The van der Waals surface area contributed by atoms with E-state index in [1.165, 1.54) is 32.9 Å². The molecular weight excluding hydrogens is 296 g/mol. The van der Waals surface area contributed by atoms with Crippen molar-refractivity contribution in [2.45, 2.75) is 25.8 Å². The second-order valence-corrected chi connectivity index (χ2v) is 7.61. The molecule has 4 rings (SSSR count). The van der Waals surface area contributed by atoms with Crippen molar-refractivity contribution in [3.63, 3.8) is 0 Å². The van der Waals surface area contributed by atoms with Crippen LogP contribution in [0.3, 0.4) is 0 Å². The van der Waals surface area contributed by atoms with E-state index in [0.29, 0.717) is 6.04 Å². The van der Waals surface area contributed by atoms with Crippen molar-refractivity contribution in [1.29, 1.82) is 0 Å². The molecule has 0 radical (unpaired) electrons. The van der Waals surface area contributed by atoms with Crippen molar-refractivity contribution in [2.75, 3.05) is 6.54 Å². The molecule has 0 bridgehead atoms. The van der Waals surface area contributed by atoms with Crippen LogP contribution in [0.1, 0.15) is 30.7 Å². The molecule has 1 aliphatic carbocycles. The van der Waals surface area contributed by atoms with Crippen molar-refractivity contribution >= 4 is 32.9 Å². The number of nitrogens with one attached hydrogen (secondary N) is 1. The van der Waals surface area contributed by atoms with Crippen LogP contribution >= 0.6 is 22.7 Å². The third-order valence-corrected chi connectivity index (χ3v) is 6.08. The molecule has 0 spiro atoms. The highest BCUT2D eigenvalue weighted by atomic mass is 32.1. The van der Waals surface area contributed by atoms with Gasteiger partial charge in [-0.15, -0.1) is 22.7 Å². The molecular formula is C17H18N2S2. The number of thiazole rings is 1. The van der Waals surface area contributed by atoms with Gasteiger partial charge in [-0.2, -0.15) is 0 Å². The summed E-state index contributed by atoms with van der Waals surface area (Å²) in [5.41, 5.74) is 4.33. The van der Waals surface area contributed by atoms with Gasteiger partial charge in [-0.1, -0.05) is 13.0 Å². The summed E-state index contributed by atoms with van der Waals surface area (Å²) in [5.74, 6) is 0.848. The van der Waals surface area contributed by atoms with Gasteiger partial charge in [0.15, 0.2) is 0 Å². The van der Waals surface area contributed by atoms with Gasteiger partial charge >= 0.3 is 0 Å². The Kier molecular flexibility index (Phi) is 3.53. The molecule has 1 N–H and O–H groups in total. The van der Waals surface area contributed by atoms with Crippen molar-refractivity contribution in [3.05, 3.63) is 40.7 Å². The van der Waals surface area contributed by atoms with Crippen molar-refractivity contribution in [2.24, 2.45) is 5.92 Å². The Balaban J connectivity index is 1.66. The van der Waals surface area contributed by atoms with E-state index in [2.05, 4.69) is 47.6 Å². The maximum Gasteiger partial charge on any atom is 0.0812 e. The summed E-state index contributed by atoms with van der Waals surface area (Å²) in [6.07, 6.45) is 2.75. The predicted molar refractivity (Wildman–Crippen MR) is 92.1 cm³/mol. The maximum atomic E-state index is 4.35. The van der Waals surface area contributed by atoms with E-state index in [0.717, 1.165) is 18.0 Å². The van der Waals surface area contributed by atoms with E-state index in [1.54, 1.807) is 11.3 Å². The Morgan fingerprint density at radius 3 is 3.00 bits per heavy atom. The van der Waals surface area contributed by atoms with Gasteiger partial charge in [0.25, 0.3) is 0 Å². The van der Waals surface area contributed by atoms with Crippen LogP contribution in [0.15, 0.2) is 35.8 Å². The molecule has 2 aromatic heterocycles. The number of rotatable bonds is 5. The molecule has 0 saturated heterocycles. The molecule has 0 amide bonds. The molecule has 0 aliphatic heterocycles. The maximum absolute atomic E-state index is 4.35.